The lowest BCUT2D eigenvalue weighted by Gasteiger charge is -2.29. The van der Waals surface area contributed by atoms with Gasteiger partial charge in [0, 0.05) is 12.6 Å². The van der Waals surface area contributed by atoms with Crippen molar-refractivity contribution in [1.82, 2.24) is 15.1 Å². The average molecular weight is 358 g/mol. The van der Waals surface area contributed by atoms with Crippen LogP contribution in [0.15, 0.2) is 4.47 Å². The van der Waals surface area contributed by atoms with E-state index in [4.69, 9.17) is 4.74 Å². The predicted octanol–water partition coefficient (Wildman–Crippen LogP) is 3.80. The van der Waals surface area contributed by atoms with Crippen molar-refractivity contribution >= 4 is 15.9 Å². The first kappa shape index (κ1) is 17.0. The van der Waals surface area contributed by atoms with Crippen LogP contribution in [-0.4, -0.2) is 28.5 Å². The second-order valence-electron chi connectivity index (χ2n) is 5.90. The third-order valence-electron chi connectivity index (χ3n) is 4.27. The van der Waals surface area contributed by atoms with Crippen LogP contribution < -0.4 is 5.32 Å². The van der Waals surface area contributed by atoms with Crippen LogP contribution >= 0.6 is 15.9 Å². The van der Waals surface area contributed by atoms with E-state index < -0.39 is 0 Å². The summed E-state index contributed by atoms with van der Waals surface area (Å²) >= 11 is 3.63. The summed E-state index contributed by atoms with van der Waals surface area (Å²) in [5.74, 6) is 0. The monoisotopic (exact) mass is 357 g/mol. The van der Waals surface area contributed by atoms with Gasteiger partial charge in [-0.2, -0.15) is 5.10 Å². The second-order valence-corrected chi connectivity index (χ2v) is 6.69. The number of nitrogens with one attached hydrogen (secondary N) is 1. The molecular formula is C16H28BrN3O. The van der Waals surface area contributed by atoms with Gasteiger partial charge in [0.25, 0.3) is 0 Å². The van der Waals surface area contributed by atoms with Crippen molar-refractivity contribution in [2.24, 2.45) is 0 Å². The highest BCUT2D eigenvalue weighted by Gasteiger charge is 2.22. The van der Waals surface area contributed by atoms with E-state index in [1.165, 1.54) is 25.0 Å². The molecule has 1 aromatic heterocycles. The van der Waals surface area contributed by atoms with Crippen LogP contribution in [0.2, 0.25) is 0 Å². The van der Waals surface area contributed by atoms with Crippen molar-refractivity contribution < 1.29 is 4.74 Å². The normalized spacial score (nSPS) is 22.7. The zero-order chi connectivity index (χ0) is 15.2. The van der Waals surface area contributed by atoms with Crippen LogP contribution in [0.4, 0.5) is 0 Å². The van der Waals surface area contributed by atoms with Gasteiger partial charge in [-0.05, 0) is 68.4 Å². The van der Waals surface area contributed by atoms with E-state index in [2.05, 4.69) is 40.2 Å². The van der Waals surface area contributed by atoms with Gasteiger partial charge in [0.1, 0.15) is 0 Å². The molecule has 0 spiro atoms. The smallest absolute Gasteiger partial charge is 0.0900 e. The molecule has 1 N–H and O–H groups in total. The van der Waals surface area contributed by atoms with Gasteiger partial charge in [-0.15, -0.1) is 0 Å². The predicted molar refractivity (Wildman–Crippen MR) is 89.5 cm³/mol. The molecule has 21 heavy (non-hydrogen) atoms. The number of hydrogen-bond donors (Lipinski definition) is 1. The van der Waals surface area contributed by atoms with Crippen LogP contribution in [0.5, 0.6) is 0 Å². The minimum absolute atomic E-state index is 0.400. The molecule has 1 heterocycles. The first-order chi connectivity index (χ1) is 10.2. The number of aryl methyl sites for hydroxylation is 2. The fourth-order valence-corrected chi connectivity index (χ4v) is 3.38. The molecule has 5 heteroatoms. The Labute approximate surface area is 136 Å². The molecule has 0 bridgehead atoms. The number of nitrogens with zero attached hydrogens (tertiary/aromatic N) is 2. The number of halogens is 1. The molecule has 120 valence electrons. The number of ether oxygens (including phenoxy) is 1. The largest absolute Gasteiger partial charge is 0.372 e. The van der Waals surface area contributed by atoms with Gasteiger partial charge in [0.05, 0.1) is 28.6 Å². The molecule has 0 aliphatic heterocycles. The SMILES string of the molecule is CCCNC1CCC(OCc2c(Br)c(C)nn2CC)CC1. The maximum atomic E-state index is 6.14. The molecule has 4 nitrogen and oxygen atoms in total. The highest BCUT2D eigenvalue weighted by atomic mass is 79.9. The Hall–Kier alpha value is -0.390. The number of aromatic nitrogens is 2. The van der Waals surface area contributed by atoms with Gasteiger partial charge in [-0.1, -0.05) is 6.92 Å². The first-order valence-corrected chi connectivity index (χ1v) is 9.01. The Morgan fingerprint density at radius 3 is 2.62 bits per heavy atom. The minimum Gasteiger partial charge on any atom is -0.372 e. The molecule has 1 saturated carbocycles. The summed E-state index contributed by atoms with van der Waals surface area (Å²) in [6.45, 7) is 9.06. The third kappa shape index (κ3) is 4.54. The molecule has 0 amide bonds. The van der Waals surface area contributed by atoms with Crippen LogP contribution in [0, 0.1) is 6.92 Å². The lowest BCUT2D eigenvalue weighted by Crippen LogP contribution is -2.35. The zero-order valence-corrected chi connectivity index (χ0v) is 15.1. The maximum absolute atomic E-state index is 6.14. The minimum atomic E-state index is 0.400. The van der Waals surface area contributed by atoms with E-state index in [0.717, 1.165) is 36.1 Å². The quantitative estimate of drug-likeness (QED) is 0.806. The van der Waals surface area contributed by atoms with E-state index in [1.54, 1.807) is 0 Å². The lowest BCUT2D eigenvalue weighted by molar-refractivity contribution is 0.00799. The highest BCUT2D eigenvalue weighted by Crippen LogP contribution is 2.25. The van der Waals surface area contributed by atoms with Gasteiger partial charge in [-0.25, -0.2) is 0 Å². The Kier molecular flexibility index (Phi) is 6.71. The van der Waals surface area contributed by atoms with Crippen molar-refractivity contribution in [2.75, 3.05) is 6.54 Å². The summed E-state index contributed by atoms with van der Waals surface area (Å²) < 4.78 is 9.28. The van der Waals surface area contributed by atoms with Crippen LogP contribution in [0.3, 0.4) is 0 Å². The summed E-state index contributed by atoms with van der Waals surface area (Å²) in [5.41, 5.74) is 2.21. The molecule has 0 saturated heterocycles. The van der Waals surface area contributed by atoms with E-state index in [-0.39, 0.29) is 0 Å². The van der Waals surface area contributed by atoms with Crippen LogP contribution in [0.1, 0.15) is 57.3 Å². The third-order valence-corrected chi connectivity index (χ3v) is 5.30. The van der Waals surface area contributed by atoms with E-state index in [9.17, 15) is 0 Å². The Morgan fingerprint density at radius 1 is 1.29 bits per heavy atom. The van der Waals surface area contributed by atoms with Crippen molar-refractivity contribution in [3.63, 3.8) is 0 Å². The summed E-state index contributed by atoms with van der Waals surface area (Å²) in [4.78, 5) is 0. The molecule has 0 aromatic carbocycles. The molecule has 1 fully saturated rings. The van der Waals surface area contributed by atoms with Crippen molar-refractivity contribution in [3.8, 4) is 0 Å². The highest BCUT2D eigenvalue weighted by molar-refractivity contribution is 9.10. The first-order valence-electron chi connectivity index (χ1n) is 8.22. The van der Waals surface area contributed by atoms with Crippen molar-refractivity contribution in [3.05, 3.63) is 15.9 Å². The Balaban J connectivity index is 1.80. The van der Waals surface area contributed by atoms with Gasteiger partial charge < -0.3 is 10.1 Å². The van der Waals surface area contributed by atoms with Crippen molar-refractivity contribution in [2.45, 2.75) is 78.2 Å². The Bertz CT molecular complexity index is 439. The molecule has 0 atom stereocenters. The van der Waals surface area contributed by atoms with Gasteiger partial charge in [0.15, 0.2) is 0 Å². The fourth-order valence-electron chi connectivity index (χ4n) is 2.99. The van der Waals surface area contributed by atoms with Gasteiger partial charge >= 0.3 is 0 Å². The zero-order valence-electron chi connectivity index (χ0n) is 13.5. The van der Waals surface area contributed by atoms with E-state index >= 15 is 0 Å². The molecule has 0 unspecified atom stereocenters. The summed E-state index contributed by atoms with van der Waals surface area (Å²) in [5, 5.41) is 8.14. The fraction of sp³-hybridized carbons (Fsp3) is 0.812. The topological polar surface area (TPSA) is 39.1 Å². The Morgan fingerprint density at radius 2 is 2.00 bits per heavy atom. The van der Waals surface area contributed by atoms with Crippen molar-refractivity contribution in [1.29, 1.82) is 0 Å². The van der Waals surface area contributed by atoms with Gasteiger partial charge in [0.2, 0.25) is 0 Å². The summed E-state index contributed by atoms with van der Waals surface area (Å²) in [6, 6.07) is 0.694. The maximum Gasteiger partial charge on any atom is 0.0900 e. The molecule has 0 radical (unpaired) electrons. The van der Waals surface area contributed by atoms with E-state index in [1.807, 2.05) is 11.6 Å². The number of rotatable bonds is 7. The van der Waals surface area contributed by atoms with Gasteiger partial charge in [-0.3, -0.25) is 4.68 Å². The standard InChI is InChI=1S/C16H28BrN3O/c1-4-10-18-13-6-8-14(9-7-13)21-11-15-16(17)12(3)19-20(15)5-2/h13-14,18H,4-11H2,1-3H3. The van der Waals surface area contributed by atoms with E-state index in [0.29, 0.717) is 18.8 Å². The molecule has 1 aliphatic rings. The molecule has 1 aliphatic carbocycles. The van der Waals surface area contributed by atoms with Crippen LogP contribution in [0.25, 0.3) is 0 Å². The molecular weight excluding hydrogens is 330 g/mol. The molecule has 2 rings (SSSR count). The van der Waals surface area contributed by atoms with Crippen LogP contribution in [-0.2, 0) is 17.9 Å². The lowest BCUT2D eigenvalue weighted by atomic mass is 9.93. The average Bonchev–Trinajstić information content (AvgIpc) is 2.79. The summed E-state index contributed by atoms with van der Waals surface area (Å²) in [7, 11) is 0. The second kappa shape index (κ2) is 8.30. The molecule has 1 aromatic rings. The summed E-state index contributed by atoms with van der Waals surface area (Å²) in [6.07, 6.45) is 6.41. The number of hydrogen-bond acceptors (Lipinski definition) is 3.